The minimum Gasteiger partial charge on any atom is -0.381 e. The molecular weight excluding hydrogens is 338 g/mol. The summed E-state index contributed by atoms with van der Waals surface area (Å²) in [6.45, 7) is 5.37. The van der Waals surface area contributed by atoms with Crippen molar-refractivity contribution in [1.29, 1.82) is 0 Å². The van der Waals surface area contributed by atoms with Gasteiger partial charge in [0.1, 0.15) is 6.33 Å². The van der Waals surface area contributed by atoms with Gasteiger partial charge in [-0.1, -0.05) is 48.5 Å². The Bertz CT molecular complexity index is 888. The summed E-state index contributed by atoms with van der Waals surface area (Å²) in [5.41, 5.74) is 2.62. The minimum atomic E-state index is -0.153. The summed E-state index contributed by atoms with van der Waals surface area (Å²) in [6.07, 6.45) is 4.34. The van der Waals surface area contributed by atoms with Gasteiger partial charge in [0.25, 0.3) is 5.91 Å². The average molecular weight is 361 g/mol. The van der Waals surface area contributed by atoms with Crippen LogP contribution in [0.25, 0.3) is 0 Å². The van der Waals surface area contributed by atoms with Crippen LogP contribution in [0.4, 0.5) is 5.69 Å². The number of aryl methyl sites for hydroxylation is 2. The first-order chi connectivity index (χ1) is 13.3. The molecule has 0 atom stereocenters. The first-order valence-corrected chi connectivity index (χ1v) is 8.90. The predicted molar refractivity (Wildman–Crippen MR) is 106 cm³/mol. The van der Waals surface area contributed by atoms with E-state index in [9.17, 15) is 4.79 Å². The van der Waals surface area contributed by atoms with Crippen molar-refractivity contribution in [3.63, 3.8) is 0 Å². The molecular formula is C21H23N5O. The summed E-state index contributed by atoms with van der Waals surface area (Å²) in [7, 11) is 0. The van der Waals surface area contributed by atoms with Crippen molar-refractivity contribution < 1.29 is 4.79 Å². The van der Waals surface area contributed by atoms with E-state index < -0.39 is 0 Å². The molecule has 1 aromatic heterocycles. The Labute approximate surface area is 158 Å². The lowest BCUT2D eigenvalue weighted by Crippen LogP contribution is -2.26. The fourth-order valence-electron chi connectivity index (χ4n) is 2.77. The zero-order chi connectivity index (χ0) is 18.9. The maximum atomic E-state index is 12.6. The van der Waals surface area contributed by atoms with Crippen LogP contribution in [0.5, 0.6) is 0 Å². The number of hydrogen-bond donors (Lipinski definition) is 2. The number of nitrogens with one attached hydrogen (secondary N) is 2. The van der Waals surface area contributed by atoms with Gasteiger partial charge >= 0.3 is 0 Å². The maximum Gasteiger partial charge on any atom is 0.253 e. The van der Waals surface area contributed by atoms with E-state index in [2.05, 4.69) is 39.5 Å². The molecule has 2 aromatic carbocycles. The quantitative estimate of drug-likeness (QED) is 0.575. The summed E-state index contributed by atoms with van der Waals surface area (Å²) in [5.74, 6) is 0.579. The topological polar surface area (TPSA) is 71.8 Å². The molecule has 0 fully saturated rings. The fourth-order valence-corrected chi connectivity index (χ4v) is 2.77. The highest BCUT2D eigenvalue weighted by atomic mass is 16.1. The van der Waals surface area contributed by atoms with Crippen molar-refractivity contribution >= 4 is 11.6 Å². The van der Waals surface area contributed by atoms with Crippen molar-refractivity contribution in [2.24, 2.45) is 0 Å². The Balaban J connectivity index is 1.60. The monoisotopic (exact) mass is 361 g/mol. The van der Waals surface area contributed by atoms with Gasteiger partial charge in [-0.05, 0) is 24.1 Å². The van der Waals surface area contributed by atoms with E-state index >= 15 is 0 Å². The SMILES string of the molecule is C=CCNc1ccccc1C(=O)NCc1nncn1CCc1ccccc1. The second-order valence-corrected chi connectivity index (χ2v) is 6.07. The van der Waals surface area contributed by atoms with Crippen molar-refractivity contribution in [1.82, 2.24) is 20.1 Å². The van der Waals surface area contributed by atoms with Crippen LogP contribution >= 0.6 is 0 Å². The van der Waals surface area contributed by atoms with Gasteiger partial charge in [0.05, 0.1) is 12.1 Å². The van der Waals surface area contributed by atoms with E-state index in [0.717, 1.165) is 24.5 Å². The molecule has 0 saturated carbocycles. The first kappa shape index (κ1) is 18.4. The van der Waals surface area contributed by atoms with Gasteiger partial charge < -0.3 is 15.2 Å². The highest BCUT2D eigenvalue weighted by molar-refractivity contribution is 5.99. The van der Waals surface area contributed by atoms with E-state index in [4.69, 9.17) is 0 Å². The van der Waals surface area contributed by atoms with Crippen molar-refractivity contribution in [2.45, 2.75) is 19.5 Å². The number of para-hydroxylation sites is 1. The highest BCUT2D eigenvalue weighted by Crippen LogP contribution is 2.14. The van der Waals surface area contributed by atoms with Crippen LogP contribution in [0.2, 0.25) is 0 Å². The lowest BCUT2D eigenvalue weighted by Gasteiger charge is -2.11. The molecule has 0 unspecified atom stereocenters. The van der Waals surface area contributed by atoms with E-state index in [-0.39, 0.29) is 5.91 Å². The van der Waals surface area contributed by atoms with Gasteiger partial charge in [-0.15, -0.1) is 16.8 Å². The standard InChI is InChI=1S/C21H23N5O/c1-2-13-22-19-11-7-6-10-18(19)21(27)23-15-20-25-24-16-26(20)14-12-17-8-4-3-5-9-17/h2-11,16,22H,1,12-15H2,(H,23,27). The van der Waals surface area contributed by atoms with Crippen LogP contribution < -0.4 is 10.6 Å². The summed E-state index contributed by atoms with van der Waals surface area (Å²) in [5, 5.41) is 14.2. The number of amides is 1. The van der Waals surface area contributed by atoms with Crippen molar-refractivity contribution in [2.75, 3.05) is 11.9 Å². The third kappa shape index (κ3) is 5.04. The molecule has 0 bridgehead atoms. The number of nitrogens with zero attached hydrogens (tertiary/aromatic N) is 3. The second kappa shape index (κ2) is 9.33. The molecule has 0 spiro atoms. The summed E-state index contributed by atoms with van der Waals surface area (Å²) in [4.78, 5) is 12.6. The fraction of sp³-hybridized carbons (Fsp3) is 0.190. The van der Waals surface area contributed by atoms with Crippen molar-refractivity contribution in [3.05, 3.63) is 90.5 Å². The molecule has 3 rings (SSSR count). The number of carbonyl (C=O) groups excluding carboxylic acids is 1. The average Bonchev–Trinajstić information content (AvgIpc) is 3.17. The molecule has 1 heterocycles. The maximum absolute atomic E-state index is 12.6. The molecule has 27 heavy (non-hydrogen) atoms. The molecule has 6 heteroatoms. The summed E-state index contributed by atoms with van der Waals surface area (Å²) < 4.78 is 1.97. The number of carbonyl (C=O) groups is 1. The van der Waals surface area contributed by atoms with E-state index in [1.807, 2.05) is 41.0 Å². The third-order valence-corrected chi connectivity index (χ3v) is 4.20. The lowest BCUT2D eigenvalue weighted by atomic mass is 10.1. The van der Waals surface area contributed by atoms with Gasteiger partial charge in [0, 0.05) is 18.8 Å². The first-order valence-electron chi connectivity index (χ1n) is 8.90. The number of benzene rings is 2. The third-order valence-electron chi connectivity index (χ3n) is 4.20. The Kier molecular flexibility index (Phi) is 6.35. The number of rotatable bonds is 9. The van der Waals surface area contributed by atoms with Crippen molar-refractivity contribution in [3.8, 4) is 0 Å². The van der Waals surface area contributed by atoms with Crippen LogP contribution in [0, 0.1) is 0 Å². The Hall–Kier alpha value is -3.41. The molecule has 0 aliphatic carbocycles. The smallest absolute Gasteiger partial charge is 0.253 e. The Morgan fingerprint density at radius 3 is 2.70 bits per heavy atom. The van der Waals surface area contributed by atoms with Crippen LogP contribution in [-0.4, -0.2) is 27.2 Å². The Morgan fingerprint density at radius 2 is 1.89 bits per heavy atom. The van der Waals surface area contributed by atoms with Gasteiger partial charge in [0.2, 0.25) is 0 Å². The van der Waals surface area contributed by atoms with Gasteiger partial charge in [0.15, 0.2) is 5.82 Å². The summed E-state index contributed by atoms with van der Waals surface area (Å²) in [6, 6.07) is 17.7. The van der Waals surface area contributed by atoms with E-state index in [1.165, 1.54) is 5.56 Å². The van der Waals surface area contributed by atoms with Crippen LogP contribution in [0.3, 0.4) is 0 Å². The molecule has 0 aliphatic rings. The predicted octanol–water partition coefficient (Wildman–Crippen LogP) is 3.05. The molecule has 2 N–H and O–H groups in total. The van der Waals surface area contributed by atoms with Gasteiger partial charge in [-0.3, -0.25) is 4.79 Å². The van der Waals surface area contributed by atoms with Gasteiger partial charge in [-0.25, -0.2) is 0 Å². The number of anilines is 1. The zero-order valence-corrected chi connectivity index (χ0v) is 15.1. The molecule has 0 radical (unpaired) electrons. The van der Waals surface area contributed by atoms with Crippen LogP contribution in [-0.2, 0) is 19.5 Å². The normalized spacial score (nSPS) is 10.4. The molecule has 138 valence electrons. The zero-order valence-electron chi connectivity index (χ0n) is 15.1. The molecule has 0 saturated heterocycles. The van der Waals surface area contributed by atoms with E-state index in [0.29, 0.717) is 18.7 Å². The molecule has 6 nitrogen and oxygen atoms in total. The van der Waals surface area contributed by atoms with E-state index in [1.54, 1.807) is 18.5 Å². The summed E-state index contributed by atoms with van der Waals surface area (Å²) >= 11 is 0. The molecule has 0 aliphatic heterocycles. The molecule has 3 aromatic rings. The minimum absolute atomic E-state index is 0.153. The Morgan fingerprint density at radius 1 is 1.11 bits per heavy atom. The lowest BCUT2D eigenvalue weighted by molar-refractivity contribution is 0.0950. The van der Waals surface area contributed by atoms with Crippen LogP contribution in [0.15, 0.2) is 73.6 Å². The van der Waals surface area contributed by atoms with Crippen LogP contribution in [0.1, 0.15) is 21.7 Å². The number of aromatic nitrogens is 3. The largest absolute Gasteiger partial charge is 0.381 e. The highest BCUT2D eigenvalue weighted by Gasteiger charge is 2.12. The number of hydrogen-bond acceptors (Lipinski definition) is 4. The van der Waals surface area contributed by atoms with Gasteiger partial charge in [-0.2, -0.15) is 0 Å². The second-order valence-electron chi connectivity index (χ2n) is 6.07. The molecule has 1 amide bonds.